The number of hydrogen-bond acceptors (Lipinski definition) is 4. The Kier molecular flexibility index (Phi) is 3.67. The van der Waals surface area contributed by atoms with E-state index in [1.165, 1.54) is 0 Å². The van der Waals surface area contributed by atoms with Gasteiger partial charge >= 0.3 is 0 Å². The van der Waals surface area contributed by atoms with E-state index >= 15 is 0 Å². The first kappa shape index (κ1) is 16.6. The molecule has 0 bridgehead atoms. The molecule has 6 rings (SSSR count). The highest BCUT2D eigenvalue weighted by Gasteiger charge is 2.15. The quantitative estimate of drug-likeness (QED) is 0.435. The Morgan fingerprint density at radius 1 is 0.667 bits per heavy atom. The minimum atomic E-state index is 0.871. The lowest BCUT2D eigenvalue weighted by Crippen LogP contribution is -1.84. The minimum absolute atomic E-state index is 0.871. The first-order valence-electron chi connectivity index (χ1n) is 9.65. The third-order valence-corrected chi connectivity index (χ3v) is 5.26. The van der Waals surface area contributed by atoms with Crippen molar-refractivity contribution in [1.29, 1.82) is 0 Å². The molecule has 0 atom stereocenters. The van der Waals surface area contributed by atoms with E-state index in [1.54, 1.807) is 12.4 Å². The Morgan fingerprint density at radius 2 is 1.63 bits per heavy atom. The molecule has 6 aromatic rings. The predicted molar refractivity (Wildman–Crippen MR) is 118 cm³/mol. The standard InChI is InChI=1S/C24H16N6/c1-2-10-26-19(5-1)15-6-7-21-17(12-15)24(30-29-21)22-13-18-20(28-22)8-11-27-23(18)16-4-3-9-25-14-16/h1-14,28H,(H,29,30). The summed E-state index contributed by atoms with van der Waals surface area (Å²) in [6.45, 7) is 0. The molecule has 0 aliphatic carbocycles. The van der Waals surface area contributed by atoms with E-state index in [0.29, 0.717) is 0 Å². The van der Waals surface area contributed by atoms with Crippen LogP contribution in [0.2, 0.25) is 0 Å². The third-order valence-electron chi connectivity index (χ3n) is 5.26. The number of H-pyrrole nitrogens is 2. The van der Waals surface area contributed by atoms with Crippen molar-refractivity contribution in [3.05, 3.63) is 85.5 Å². The van der Waals surface area contributed by atoms with Gasteiger partial charge in [-0.3, -0.25) is 20.1 Å². The van der Waals surface area contributed by atoms with E-state index in [4.69, 9.17) is 0 Å². The topological polar surface area (TPSA) is 83.1 Å². The van der Waals surface area contributed by atoms with Crippen molar-refractivity contribution >= 4 is 21.8 Å². The molecule has 1 aromatic carbocycles. The molecule has 0 spiro atoms. The second-order valence-corrected chi connectivity index (χ2v) is 7.09. The molecule has 0 saturated carbocycles. The molecule has 2 N–H and O–H groups in total. The lowest BCUT2D eigenvalue weighted by Gasteiger charge is -2.01. The average Bonchev–Trinajstić information content (AvgIpc) is 3.43. The van der Waals surface area contributed by atoms with Crippen LogP contribution in [0.25, 0.3) is 55.7 Å². The van der Waals surface area contributed by atoms with Crippen molar-refractivity contribution in [3.8, 4) is 33.9 Å². The second-order valence-electron chi connectivity index (χ2n) is 7.09. The van der Waals surface area contributed by atoms with E-state index < -0.39 is 0 Å². The maximum Gasteiger partial charge on any atom is 0.116 e. The lowest BCUT2D eigenvalue weighted by molar-refractivity contribution is 1.12. The maximum atomic E-state index is 4.59. The van der Waals surface area contributed by atoms with Gasteiger partial charge in [0.1, 0.15) is 5.69 Å². The first-order chi connectivity index (χ1) is 14.9. The second kappa shape index (κ2) is 6.63. The molecule has 30 heavy (non-hydrogen) atoms. The van der Waals surface area contributed by atoms with E-state index in [1.807, 2.05) is 54.9 Å². The maximum absolute atomic E-state index is 4.59. The fourth-order valence-electron chi connectivity index (χ4n) is 3.83. The Morgan fingerprint density at radius 3 is 2.50 bits per heavy atom. The Bertz CT molecular complexity index is 1480. The van der Waals surface area contributed by atoms with Gasteiger partial charge in [-0.2, -0.15) is 5.10 Å². The predicted octanol–water partition coefficient (Wildman–Crippen LogP) is 5.23. The number of nitrogens with one attached hydrogen (secondary N) is 2. The average molecular weight is 388 g/mol. The highest BCUT2D eigenvalue weighted by Crippen LogP contribution is 2.33. The van der Waals surface area contributed by atoms with E-state index in [0.717, 1.165) is 55.7 Å². The van der Waals surface area contributed by atoms with Crippen LogP contribution >= 0.6 is 0 Å². The molecule has 0 saturated heterocycles. The van der Waals surface area contributed by atoms with Gasteiger partial charge in [0.2, 0.25) is 0 Å². The van der Waals surface area contributed by atoms with Crippen molar-refractivity contribution in [1.82, 2.24) is 30.1 Å². The van der Waals surface area contributed by atoms with Crippen molar-refractivity contribution in [2.45, 2.75) is 0 Å². The van der Waals surface area contributed by atoms with Gasteiger partial charge in [-0.1, -0.05) is 12.1 Å². The summed E-state index contributed by atoms with van der Waals surface area (Å²) in [5, 5.41) is 9.81. The summed E-state index contributed by atoms with van der Waals surface area (Å²) in [6.07, 6.45) is 7.21. The first-order valence-corrected chi connectivity index (χ1v) is 9.65. The van der Waals surface area contributed by atoms with Crippen LogP contribution in [0.1, 0.15) is 0 Å². The van der Waals surface area contributed by atoms with Gasteiger partial charge in [0.15, 0.2) is 0 Å². The van der Waals surface area contributed by atoms with Crippen molar-refractivity contribution in [2.75, 3.05) is 0 Å². The SMILES string of the molecule is c1ccc(-c2ccc3[nH]nc(-c4cc5c(-c6cccnc6)nccc5[nH]4)c3c2)nc1. The number of benzene rings is 1. The highest BCUT2D eigenvalue weighted by molar-refractivity contribution is 6.00. The zero-order chi connectivity index (χ0) is 19.9. The van der Waals surface area contributed by atoms with Gasteiger partial charge in [-0.05, 0) is 48.5 Å². The smallest absolute Gasteiger partial charge is 0.116 e. The summed E-state index contributed by atoms with van der Waals surface area (Å²) in [7, 11) is 0. The van der Waals surface area contributed by atoms with Crippen LogP contribution < -0.4 is 0 Å². The highest BCUT2D eigenvalue weighted by atomic mass is 15.1. The zero-order valence-electron chi connectivity index (χ0n) is 15.9. The number of fused-ring (bicyclic) bond motifs is 2. The summed E-state index contributed by atoms with van der Waals surface area (Å²) in [4.78, 5) is 16.8. The molecule has 0 aliphatic heterocycles. The zero-order valence-corrected chi connectivity index (χ0v) is 15.9. The van der Waals surface area contributed by atoms with Crippen LogP contribution in [0.4, 0.5) is 0 Å². The molecule has 0 fully saturated rings. The van der Waals surface area contributed by atoms with Crippen molar-refractivity contribution in [3.63, 3.8) is 0 Å². The van der Waals surface area contributed by atoms with E-state index in [-0.39, 0.29) is 0 Å². The minimum Gasteiger partial charge on any atom is -0.353 e. The summed E-state index contributed by atoms with van der Waals surface area (Å²) in [5.74, 6) is 0. The molecule has 5 aromatic heterocycles. The van der Waals surface area contributed by atoms with Gasteiger partial charge < -0.3 is 4.98 Å². The normalized spacial score (nSPS) is 11.3. The summed E-state index contributed by atoms with van der Waals surface area (Å²) < 4.78 is 0. The van der Waals surface area contributed by atoms with E-state index in [9.17, 15) is 0 Å². The van der Waals surface area contributed by atoms with Gasteiger partial charge in [-0.25, -0.2) is 0 Å². The molecule has 6 nitrogen and oxygen atoms in total. The largest absolute Gasteiger partial charge is 0.353 e. The van der Waals surface area contributed by atoms with Crippen LogP contribution in [0.15, 0.2) is 85.5 Å². The Hall–Kier alpha value is -4.32. The van der Waals surface area contributed by atoms with Crippen LogP contribution in [0, 0.1) is 0 Å². The van der Waals surface area contributed by atoms with E-state index in [2.05, 4.69) is 48.3 Å². The van der Waals surface area contributed by atoms with Gasteiger partial charge in [-0.15, -0.1) is 0 Å². The molecule has 0 aliphatic rings. The van der Waals surface area contributed by atoms with Gasteiger partial charge in [0.25, 0.3) is 0 Å². The number of rotatable bonds is 3. The molecule has 142 valence electrons. The summed E-state index contributed by atoms with van der Waals surface area (Å²) in [5.41, 5.74) is 7.68. The van der Waals surface area contributed by atoms with Gasteiger partial charge in [0.05, 0.1) is 22.6 Å². The summed E-state index contributed by atoms with van der Waals surface area (Å²) >= 11 is 0. The summed E-state index contributed by atoms with van der Waals surface area (Å²) in [6, 6.07) is 20.2. The van der Waals surface area contributed by atoms with Crippen molar-refractivity contribution in [2.24, 2.45) is 0 Å². The molecule has 5 heterocycles. The Balaban J connectivity index is 1.52. The van der Waals surface area contributed by atoms with Crippen LogP contribution in [0.5, 0.6) is 0 Å². The Labute approximate surface area is 171 Å². The number of nitrogens with zero attached hydrogens (tertiary/aromatic N) is 4. The molecular weight excluding hydrogens is 372 g/mol. The lowest BCUT2D eigenvalue weighted by atomic mass is 10.1. The van der Waals surface area contributed by atoms with Crippen LogP contribution in [0.3, 0.4) is 0 Å². The van der Waals surface area contributed by atoms with Gasteiger partial charge in [0, 0.05) is 52.2 Å². The van der Waals surface area contributed by atoms with Crippen molar-refractivity contribution < 1.29 is 0 Å². The van der Waals surface area contributed by atoms with Crippen LogP contribution in [-0.4, -0.2) is 30.1 Å². The number of pyridine rings is 3. The molecule has 0 radical (unpaired) electrons. The molecule has 0 amide bonds. The number of hydrogen-bond donors (Lipinski definition) is 2. The fraction of sp³-hybridized carbons (Fsp3) is 0. The molecule has 6 heteroatoms. The van der Waals surface area contributed by atoms with Crippen LogP contribution in [-0.2, 0) is 0 Å². The molecular formula is C24H16N6. The number of aromatic amines is 2. The number of aromatic nitrogens is 6. The molecule has 0 unspecified atom stereocenters. The monoisotopic (exact) mass is 388 g/mol. The third kappa shape index (κ3) is 2.66. The fourth-order valence-corrected chi connectivity index (χ4v) is 3.83.